The molecule has 0 radical (unpaired) electrons. The molecule has 0 spiro atoms. The lowest BCUT2D eigenvalue weighted by Gasteiger charge is -2.21. The fraction of sp³-hybridized carbons (Fsp3) is 0.842. The third-order valence-electron chi connectivity index (χ3n) is 4.33. The number of carbonyl (C=O) groups excluding carboxylic acids is 1. The Bertz CT molecular complexity index is 321. The number of ether oxygens (including phenoxy) is 3. The minimum atomic E-state index is -0.409. The number of hydrogen-bond acceptors (Lipinski definition) is 4. The van der Waals surface area contributed by atoms with Crippen LogP contribution in [0, 0.1) is 11.8 Å². The normalized spacial score (nSPS) is 16.7. The van der Waals surface area contributed by atoms with Gasteiger partial charge in [-0.25, -0.2) is 4.79 Å². The molecule has 1 atom stereocenters. The molecule has 134 valence electrons. The smallest absolute Gasteiger partial charge is 0.330 e. The van der Waals surface area contributed by atoms with Crippen LogP contribution in [0.2, 0.25) is 0 Å². The summed E-state index contributed by atoms with van der Waals surface area (Å²) >= 11 is 0. The number of rotatable bonds is 13. The number of esters is 1. The molecule has 1 fully saturated rings. The zero-order valence-electron chi connectivity index (χ0n) is 14.9. The van der Waals surface area contributed by atoms with Gasteiger partial charge in [-0.15, -0.1) is 0 Å². The van der Waals surface area contributed by atoms with Gasteiger partial charge in [0.1, 0.15) is 6.61 Å². The van der Waals surface area contributed by atoms with E-state index in [4.69, 9.17) is 14.2 Å². The van der Waals surface area contributed by atoms with Crippen molar-refractivity contribution in [3.8, 4) is 0 Å². The van der Waals surface area contributed by atoms with Crippen molar-refractivity contribution in [3.63, 3.8) is 0 Å². The molecule has 1 unspecified atom stereocenters. The first-order valence-corrected chi connectivity index (χ1v) is 9.10. The molecule has 0 bridgehead atoms. The predicted molar refractivity (Wildman–Crippen MR) is 92.4 cm³/mol. The summed E-state index contributed by atoms with van der Waals surface area (Å²) < 4.78 is 16.3. The Morgan fingerprint density at radius 3 is 2.52 bits per heavy atom. The van der Waals surface area contributed by atoms with E-state index in [0.29, 0.717) is 31.8 Å². The fourth-order valence-electron chi connectivity index (χ4n) is 3.15. The van der Waals surface area contributed by atoms with E-state index in [0.717, 1.165) is 18.4 Å². The van der Waals surface area contributed by atoms with Gasteiger partial charge >= 0.3 is 5.97 Å². The summed E-state index contributed by atoms with van der Waals surface area (Å²) in [4.78, 5) is 10.9. The molecule has 4 nitrogen and oxygen atoms in total. The quantitative estimate of drug-likeness (QED) is 0.290. The van der Waals surface area contributed by atoms with E-state index in [1.165, 1.54) is 38.5 Å². The Kier molecular flexibility index (Phi) is 11.0. The van der Waals surface area contributed by atoms with Gasteiger partial charge in [-0.05, 0) is 31.1 Å². The molecule has 0 aromatic carbocycles. The van der Waals surface area contributed by atoms with Crippen LogP contribution in [-0.4, -0.2) is 38.5 Å². The van der Waals surface area contributed by atoms with Crippen molar-refractivity contribution in [2.45, 2.75) is 64.9 Å². The highest BCUT2D eigenvalue weighted by atomic mass is 16.6. The molecular weight excluding hydrogens is 292 g/mol. The van der Waals surface area contributed by atoms with Crippen LogP contribution in [0.4, 0.5) is 0 Å². The van der Waals surface area contributed by atoms with Gasteiger partial charge in [0.15, 0.2) is 0 Å². The van der Waals surface area contributed by atoms with E-state index in [9.17, 15) is 4.79 Å². The minimum Gasteiger partial charge on any atom is -0.460 e. The van der Waals surface area contributed by atoms with Crippen LogP contribution in [0.3, 0.4) is 0 Å². The zero-order valence-corrected chi connectivity index (χ0v) is 14.9. The third kappa shape index (κ3) is 10.5. The Balaban J connectivity index is 2.07. The summed E-state index contributed by atoms with van der Waals surface area (Å²) in [7, 11) is 0. The highest BCUT2D eigenvalue weighted by molar-refractivity contribution is 5.81. The molecule has 1 rings (SSSR count). The largest absolute Gasteiger partial charge is 0.460 e. The first-order valence-electron chi connectivity index (χ1n) is 9.10. The number of hydrogen-bond donors (Lipinski definition) is 0. The second-order valence-corrected chi connectivity index (χ2v) is 6.83. The molecular formula is C19H34O4. The maximum absolute atomic E-state index is 10.9. The first-order chi connectivity index (χ1) is 11.1. The highest BCUT2D eigenvalue weighted by Crippen LogP contribution is 2.30. The van der Waals surface area contributed by atoms with Gasteiger partial charge < -0.3 is 14.2 Å². The summed E-state index contributed by atoms with van der Waals surface area (Å²) in [6.07, 6.45) is 10.7. The first kappa shape index (κ1) is 20.2. The molecule has 0 aliphatic heterocycles. The molecule has 4 heteroatoms. The van der Waals surface area contributed by atoms with E-state index in [1.54, 1.807) is 0 Å². The average molecular weight is 326 g/mol. The summed E-state index contributed by atoms with van der Waals surface area (Å²) in [5, 5.41) is 0. The lowest BCUT2D eigenvalue weighted by Crippen LogP contribution is -2.20. The van der Waals surface area contributed by atoms with Crippen LogP contribution >= 0.6 is 0 Å². The van der Waals surface area contributed by atoms with E-state index in [2.05, 4.69) is 20.4 Å². The van der Waals surface area contributed by atoms with Gasteiger partial charge in [0, 0.05) is 6.08 Å². The van der Waals surface area contributed by atoms with Crippen LogP contribution in [0.1, 0.15) is 58.8 Å². The van der Waals surface area contributed by atoms with E-state index in [-0.39, 0.29) is 6.61 Å². The summed E-state index contributed by atoms with van der Waals surface area (Å²) in [6.45, 7) is 9.66. The Labute approximate surface area is 141 Å². The molecule has 0 saturated heterocycles. The van der Waals surface area contributed by atoms with Crippen molar-refractivity contribution >= 4 is 5.97 Å². The lowest BCUT2D eigenvalue weighted by molar-refractivity contribution is -0.139. The molecule has 0 heterocycles. The highest BCUT2D eigenvalue weighted by Gasteiger charge is 2.18. The topological polar surface area (TPSA) is 44.8 Å². The van der Waals surface area contributed by atoms with Crippen LogP contribution < -0.4 is 0 Å². The second kappa shape index (κ2) is 12.5. The fourth-order valence-corrected chi connectivity index (χ4v) is 3.15. The Morgan fingerprint density at radius 1 is 1.17 bits per heavy atom. The van der Waals surface area contributed by atoms with Gasteiger partial charge in [0.25, 0.3) is 0 Å². The Hall–Kier alpha value is -0.870. The lowest BCUT2D eigenvalue weighted by atomic mass is 9.95. The van der Waals surface area contributed by atoms with Gasteiger partial charge in [-0.3, -0.25) is 0 Å². The van der Waals surface area contributed by atoms with Crippen molar-refractivity contribution in [2.24, 2.45) is 11.8 Å². The van der Waals surface area contributed by atoms with Gasteiger partial charge in [0.2, 0.25) is 0 Å². The van der Waals surface area contributed by atoms with Crippen molar-refractivity contribution in [1.29, 1.82) is 0 Å². The van der Waals surface area contributed by atoms with E-state index < -0.39 is 5.97 Å². The maximum Gasteiger partial charge on any atom is 0.330 e. The van der Waals surface area contributed by atoms with Crippen LogP contribution in [0.15, 0.2) is 12.7 Å². The van der Waals surface area contributed by atoms with Crippen molar-refractivity contribution in [3.05, 3.63) is 12.7 Å². The van der Waals surface area contributed by atoms with E-state index >= 15 is 0 Å². The SMILES string of the molecule is C=CC(=O)OCCOCCOC(CCC1CCCC1)CC(C)C. The standard InChI is InChI=1S/C19H34O4/c1-4-19(20)23-14-12-21-11-13-22-18(15-16(2)3)10-9-17-7-5-6-8-17/h4,16-18H,1,5-15H2,2-3H3. The minimum absolute atomic E-state index is 0.266. The van der Waals surface area contributed by atoms with Gasteiger partial charge in [0.05, 0.1) is 25.9 Å². The van der Waals surface area contributed by atoms with Gasteiger partial charge in [-0.1, -0.05) is 46.1 Å². The molecule has 0 N–H and O–H groups in total. The van der Waals surface area contributed by atoms with Crippen molar-refractivity contribution < 1.29 is 19.0 Å². The Morgan fingerprint density at radius 2 is 1.87 bits per heavy atom. The maximum atomic E-state index is 10.9. The predicted octanol–water partition coefficient (Wildman–Crippen LogP) is 4.13. The summed E-state index contributed by atoms with van der Waals surface area (Å²) in [6, 6.07) is 0. The zero-order chi connectivity index (χ0) is 16.9. The summed E-state index contributed by atoms with van der Waals surface area (Å²) in [5.74, 6) is 1.17. The molecule has 1 aliphatic rings. The molecule has 1 saturated carbocycles. The third-order valence-corrected chi connectivity index (χ3v) is 4.33. The van der Waals surface area contributed by atoms with Crippen LogP contribution in [-0.2, 0) is 19.0 Å². The molecule has 0 aromatic rings. The molecule has 0 amide bonds. The van der Waals surface area contributed by atoms with Crippen LogP contribution in [0.5, 0.6) is 0 Å². The molecule has 23 heavy (non-hydrogen) atoms. The monoisotopic (exact) mass is 326 g/mol. The molecule has 0 aromatic heterocycles. The second-order valence-electron chi connectivity index (χ2n) is 6.83. The summed E-state index contributed by atoms with van der Waals surface area (Å²) in [5.41, 5.74) is 0. The van der Waals surface area contributed by atoms with Gasteiger partial charge in [-0.2, -0.15) is 0 Å². The van der Waals surface area contributed by atoms with Crippen molar-refractivity contribution in [2.75, 3.05) is 26.4 Å². The van der Waals surface area contributed by atoms with E-state index in [1.807, 2.05) is 0 Å². The average Bonchev–Trinajstić information content (AvgIpc) is 3.04. The van der Waals surface area contributed by atoms with Crippen molar-refractivity contribution in [1.82, 2.24) is 0 Å². The van der Waals surface area contributed by atoms with Crippen LogP contribution in [0.25, 0.3) is 0 Å². The number of carbonyl (C=O) groups is 1. The molecule has 1 aliphatic carbocycles.